The summed E-state index contributed by atoms with van der Waals surface area (Å²) in [6.45, 7) is 0. The molecule has 1 aromatic carbocycles. The van der Waals surface area contributed by atoms with E-state index in [4.69, 9.17) is 11.5 Å². The van der Waals surface area contributed by atoms with Gasteiger partial charge in [-0.3, -0.25) is 10.1 Å². The van der Waals surface area contributed by atoms with Crippen molar-refractivity contribution in [1.82, 2.24) is 0 Å². The number of hydrogen-bond acceptors (Lipinski definition) is 5. The van der Waals surface area contributed by atoms with Gasteiger partial charge in [0.15, 0.2) is 0 Å². The summed E-state index contributed by atoms with van der Waals surface area (Å²) in [6, 6.07) is 6.42. The number of nitrogens with zero attached hydrogens (tertiary/aromatic N) is 1. The molecule has 18 heavy (non-hydrogen) atoms. The number of hydrogen-bond donors (Lipinski definition) is 2. The molecule has 98 valence electrons. The minimum atomic E-state index is -0.422. The Balaban J connectivity index is 0.00000144. The Bertz CT molecular complexity index is 560. The predicted octanol–water partition coefficient (Wildman–Crippen LogP) is 3.33. The van der Waals surface area contributed by atoms with Gasteiger partial charge in [-0.15, -0.1) is 36.2 Å². The van der Waals surface area contributed by atoms with Crippen LogP contribution in [0.25, 0.3) is 10.4 Å². The van der Waals surface area contributed by atoms with Gasteiger partial charge in [-0.05, 0) is 23.6 Å². The summed E-state index contributed by atoms with van der Waals surface area (Å²) in [4.78, 5) is 10.9. The highest BCUT2D eigenvalue weighted by atomic mass is 35.5. The maximum absolute atomic E-state index is 10.8. The lowest BCUT2D eigenvalue weighted by atomic mass is 10.1. The number of nitro groups is 1. The topological polar surface area (TPSA) is 95.2 Å². The normalized spacial score (nSPS) is 9.11. The highest BCUT2D eigenvalue weighted by Crippen LogP contribution is 2.38. The van der Waals surface area contributed by atoms with Crippen molar-refractivity contribution >= 4 is 53.2 Å². The third-order valence-corrected chi connectivity index (χ3v) is 3.10. The zero-order chi connectivity index (χ0) is 11.7. The van der Waals surface area contributed by atoms with Crippen LogP contribution in [-0.4, -0.2) is 4.92 Å². The van der Waals surface area contributed by atoms with E-state index in [2.05, 4.69) is 0 Å². The summed E-state index contributed by atoms with van der Waals surface area (Å²) in [5.74, 6) is 0. The first-order valence-electron chi connectivity index (χ1n) is 4.47. The number of anilines is 2. The van der Waals surface area contributed by atoms with Crippen molar-refractivity contribution < 1.29 is 4.92 Å². The minimum Gasteiger partial charge on any atom is -0.399 e. The van der Waals surface area contributed by atoms with E-state index in [0.717, 1.165) is 0 Å². The number of halogens is 2. The molecule has 4 N–H and O–H groups in total. The summed E-state index contributed by atoms with van der Waals surface area (Å²) >= 11 is 1.28. The van der Waals surface area contributed by atoms with Crippen molar-refractivity contribution in [2.24, 2.45) is 0 Å². The lowest BCUT2D eigenvalue weighted by Gasteiger charge is -2.04. The summed E-state index contributed by atoms with van der Waals surface area (Å²) < 4.78 is 0. The summed E-state index contributed by atoms with van der Waals surface area (Å²) in [5.41, 5.74) is 13.1. The second-order valence-electron chi connectivity index (χ2n) is 3.24. The molecule has 0 unspecified atom stereocenters. The molecule has 1 heterocycles. The molecule has 0 saturated heterocycles. The summed E-state index contributed by atoms with van der Waals surface area (Å²) in [7, 11) is 0. The van der Waals surface area contributed by atoms with Crippen LogP contribution in [0.1, 0.15) is 0 Å². The van der Waals surface area contributed by atoms with Gasteiger partial charge in [-0.2, -0.15) is 0 Å². The van der Waals surface area contributed by atoms with Crippen LogP contribution in [0.2, 0.25) is 0 Å². The molecule has 0 radical (unpaired) electrons. The average molecular weight is 308 g/mol. The molecule has 0 aliphatic carbocycles. The van der Waals surface area contributed by atoms with E-state index in [1.54, 1.807) is 23.6 Å². The fourth-order valence-corrected chi connectivity index (χ4v) is 2.32. The molecule has 2 aromatic rings. The molecule has 0 spiro atoms. The first-order valence-corrected chi connectivity index (χ1v) is 5.35. The van der Waals surface area contributed by atoms with Crippen LogP contribution >= 0.6 is 36.2 Å². The summed E-state index contributed by atoms with van der Waals surface area (Å²) in [6.07, 6.45) is 0. The molecule has 0 fully saturated rings. The molecule has 0 saturated carbocycles. The van der Waals surface area contributed by atoms with E-state index >= 15 is 0 Å². The van der Waals surface area contributed by atoms with E-state index in [1.807, 2.05) is 0 Å². The molecular weight excluding hydrogens is 297 g/mol. The van der Waals surface area contributed by atoms with Crippen LogP contribution in [0.4, 0.5) is 17.1 Å². The van der Waals surface area contributed by atoms with Gasteiger partial charge < -0.3 is 11.5 Å². The Morgan fingerprint density at radius 3 is 2.44 bits per heavy atom. The summed E-state index contributed by atoms with van der Waals surface area (Å²) in [5, 5.41) is 12.5. The van der Waals surface area contributed by atoms with Crippen molar-refractivity contribution in [2.45, 2.75) is 0 Å². The Hall–Kier alpha value is -1.50. The Kier molecular flexibility index (Phi) is 5.90. The number of nitrogens with two attached hydrogens (primary N) is 2. The SMILES string of the molecule is Cl.Cl.Nc1ccc(N)c(-c2sccc2[N+](=O)[O-])c1. The first-order chi connectivity index (χ1) is 7.59. The van der Waals surface area contributed by atoms with Crippen LogP contribution in [0.15, 0.2) is 29.6 Å². The zero-order valence-electron chi connectivity index (χ0n) is 9.03. The zero-order valence-corrected chi connectivity index (χ0v) is 11.5. The number of rotatable bonds is 2. The molecule has 0 aliphatic heterocycles. The van der Waals surface area contributed by atoms with E-state index in [9.17, 15) is 10.1 Å². The highest BCUT2D eigenvalue weighted by molar-refractivity contribution is 7.14. The Morgan fingerprint density at radius 1 is 1.17 bits per heavy atom. The van der Waals surface area contributed by atoms with Crippen molar-refractivity contribution in [3.05, 3.63) is 39.8 Å². The van der Waals surface area contributed by atoms with Gasteiger partial charge in [0.2, 0.25) is 0 Å². The third-order valence-electron chi connectivity index (χ3n) is 2.16. The molecular formula is C10H11Cl2N3O2S. The van der Waals surface area contributed by atoms with Crippen molar-refractivity contribution in [2.75, 3.05) is 11.5 Å². The van der Waals surface area contributed by atoms with Crippen LogP contribution in [0.3, 0.4) is 0 Å². The number of benzene rings is 1. The standard InChI is InChI=1S/C10H9N3O2S.2ClH/c11-6-1-2-8(12)7(5-6)10-9(13(14)15)3-4-16-10;;/h1-5H,11-12H2;2*1H. The Labute approximate surface area is 120 Å². The monoisotopic (exact) mass is 307 g/mol. The van der Waals surface area contributed by atoms with Gasteiger partial charge in [-0.1, -0.05) is 0 Å². The molecule has 0 atom stereocenters. The largest absolute Gasteiger partial charge is 0.399 e. The van der Waals surface area contributed by atoms with Crippen LogP contribution in [0, 0.1) is 10.1 Å². The lowest BCUT2D eigenvalue weighted by molar-refractivity contribution is -0.383. The van der Waals surface area contributed by atoms with Crippen LogP contribution < -0.4 is 11.5 Å². The van der Waals surface area contributed by atoms with Crippen LogP contribution in [0.5, 0.6) is 0 Å². The van der Waals surface area contributed by atoms with Crippen molar-refractivity contribution in [1.29, 1.82) is 0 Å². The van der Waals surface area contributed by atoms with E-state index in [-0.39, 0.29) is 30.5 Å². The van der Waals surface area contributed by atoms with Gasteiger partial charge in [0, 0.05) is 23.0 Å². The molecule has 0 aliphatic rings. The minimum absolute atomic E-state index is 0. The molecule has 0 amide bonds. The first kappa shape index (κ1) is 16.5. The van der Waals surface area contributed by atoms with E-state index < -0.39 is 4.92 Å². The van der Waals surface area contributed by atoms with Gasteiger partial charge in [-0.25, -0.2) is 0 Å². The predicted molar refractivity (Wildman–Crippen MR) is 79.7 cm³/mol. The van der Waals surface area contributed by atoms with E-state index in [1.165, 1.54) is 17.4 Å². The molecule has 8 heteroatoms. The fraction of sp³-hybridized carbons (Fsp3) is 0. The van der Waals surface area contributed by atoms with Crippen molar-refractivity contribution in [3.8, 4) is 10.4 Å². The fourth-order valence-electron chi connectivity index (χ4n) is 1.42. The average Bonchev–Trinajstić information content (AvgIpc) is 2.70. The maximum Gasteiger partial charge on any atom is 0.287 e. The number of nitrogen functional groups attached to an aromatic ring is 2. The molecule has 1 aromatic heterocycles. The lowest BCUT2D eigenvalue weighted by Crippen LogP contribution is -1.94. The molecule has 0 bridgehead atoms. The van der Waals surface area contributed by atoms with Gasteiger partial charge in [0.1, 0.15) is 4.88 Å². The number of thiophene rings is 1. The van der Waals surface area contributed by atoms with Gasteiger partial charge in [0.05, 0.1) is 4.92 Å². The highest BCUT2D eigenvalue weighted by Gasteiger charge is 2.18. The van der Waals surface area contributed by atoms with Gasteiger partial charge >= 0.3 is 0 Å². The van der Waals surface area contributed by atoms with Gasteiger partial charge in [0.25, 0.3) is 5.69 Å². The van der Waals surface area contributed by atoms with E-state index in [0.29, 0.717) is 21.8 Å². The molecule has 2 rings (SSSR count). The smallest absolute Gasteiger partial charge is 0.287 e. The Morgan fingerprint density at radius 2 is 1.83 bits per heavy atom. The molecule has 5 nitrogen and oxygen atoms in total. The van der Waals surface area contributed by atoms with Crippen LogP contribution in [-0.2, 0) is 0 Å². The third kappa shape index (κ3) is 3.04. The second-order valence-corrected chi connectivity index (χ2v) is 4.15. The maximum atomic E-state index is 10.8. The van der Waals surface area contributed by atoms with Crippen molar-refractivity contribution in [3.63, 3.8) is 0 Å². The second kappa shape index (κ2) is 6.44. The quantitative estimate of drug-likeness (QED) is 0.505.